The number of nitrogens with zero attached hydrogens (tertiary/aromatic N) is 6. The number of aromatic nitrogens is 5. The van der Waals surface area contributed by atoms with Crippen LogP contribution in [0.5, 0.6) is 5.75 Å². The van der Waals surface area contributed by atoms with Gasteiger partial charge in [-0.2, -0.15) is 10.2 Å². The van der Waals surface area contributed by atoms with Crippen molar-refractivity contribution in [3.05, 3.63) is 66.9 Å². The van der Waals surface area contributed by atoms with E-state index in [2.05, 4.69) is 30.6 Å². The highest BCUT2D eigenvalue weighted by Gasteiger charge is 2.13. The first-order valence-electron chi connectivity index (χ1n) is 7.88. The molecule has 1 N–H and O–H groups in total. The van der Waals surface area contributed by atoms with Crippen LogP contribution in [0.4, 0.5) is 5.82 Å². The van der Waals surface area contributed by atoms with Crippen molar-refractivity contribution in [2.75, 3.05) is 12.5 Å². The second kappa shape index (κ2) is 6.98. The highest BCUT2D eigenvalue weighted by molar-refractivity contribution is 5.88. The number of nitrogens with one attached hydrogen (secondary N) is 1. The second-order valence-corrected chi connectivity index (χ2v) is 5.34. The summed E-state index contributed by atoms with van der Waals surface area (Å²) >= 11 is 0. The van der Waals surface area contributed by atoms with Gasteiger partial charge in [0, 0.05) is 12.4 Å². The van der Waals surface area contributed by atoms with E-state index in [1.54, 1.807) is 36.6 Å². The zero-order valence-electron chi connectivity index (χ0n) is 13.9. The molecule has 0 aliphatic rings. The molecule has 0 amide bonds. The number of ether oxygens (including phenoxy) is 1. The number of anilines is 1. The molecule has 0 atom stereocenters. The molecule has 0 aliphatic carbocycles. The SMILES string of the molecule is COc1ccccc1-n1ncc2c(N/N=C/c3ccncc3)ncnc21. The Bertz CT molecular complexity index is 1060. The van der Waals surface area contributed by atoms with Crippen LogP contribution >= 0.6 is 0 Å². The van der Waals surface area contributed by atoms with E-state index in [-0.39, 0.29) is 0 Å². The van der Waals surface area contributed by atoms with Gasteiger partial charge in [-0.25, -0.2) is 14.6 Å². The van der Waals surface area contributed by atoms with E-state index >= 15 is 0 Å². The van der Waals surface area contributed by atoms with Gasteiger partial charge in [-0.3, -0.25) is 10.4 Å². The van der Waals surface area contributed by atoms with Crippen LogP contribution in [0.2, 0.25) is 0 Å². The van der Waals surface area contributed by atoms with Gasteiger partial charge in [0.05, 0.1) is 24.9 Å². The fraction of sp³-hybridized carbons (Fsp3) is 0.0556. The largest absolute Gasteiger partial charge is 0.494 e. The Balaban J connectivity index is 1.68. The van der Waals surface area contributed by atoms with E-state index in [1.165, 1.54) is 6.33 Å². The lowest BCUT2D eigenvalue weighted by Crippen LogP contribution is -2.01. The molecule has 128 valence electrons. The summed E-state index contributed by atoms with van der Waals surface area (Å²) < 4.78 is 7.13. The van der Waals surface area contributed by atoms with E-state index in [0.29, 0.717) is 17.2 Å². The van der Waals surface area contributed by atoms with Gasteiger partial charge in [-0.15, -0.1) is 0 Å². The summed E-state index contributed by atoms with van der Waals surface area (Å²) in [7, 11) is 1.63. The van der Waals surface area contributed by atoms with Crippen molar-refractivity contribution in [2.45, 2.75) is 0 Å². The van der Waals surface area contributed by atoms with Gasteiger partial charge in [-0.1, -0.05) is 12.1 Å². The molecule has 3 aromatic heterocycles. The van der Waals surface area contributed by atoms with Crippen molar-refractivity contribution in [1.29, 1.82) is 0 Å². The van der Waals surface area contributed by atoms with Gasteiger partial charge in [0.15, 0.2) is 11.5 Å². The van der Waals surface area contributed by atoms with Crippen LogP contribution in [0.25, 0.3) is 16.7 Å². The van der Waals surface area contributed by atoms with Crippen molar-refractivity contribution in [3.8, 4) is 11.4 Å². The Morgan fingerprint density at radius 1 is 1.12 bits per heavy atom. The average Bonchev–Trinajstić information content (AvgIpc) is 3.13. The van der Waals surface area contributed by atoms with Crippen LogP contribution in [-0.2, 0) is 0 Å². The third kappa shape index (κ3) is 2.95. The number of hydrogen-bond donors (Lipinski definition) is 1. The van der Waals surface area contributed by atoms with Crippen molar-refractivity contribution in [3.63, 3.8) is 0 Å². The first kappa shape index (κ1) is 15.7. The first-order chi connectivity index (χ1) is 12.9. The molecule has 1 aromatic carbocycles. The topological polar surface area (TPSA) is 90.1 Å². The molecule has 0 saturated carbocycles. The summed E-state index contributed by atoms with van der Waals surface area (Å²) in [5.74, 6) is 1.28. The van der Waals surface area contributed by atoms with Crippen LogP contribution in [0.1, 0.15) is 5.56 Å². The zero-order valence-corrected chi connectivity index (χ0v) is 13.9. The highest BCUT2D eigenvalue weighted by Crippen LogP contribution is 2.26. The summed E-state index contributed by atoms with van der Waals surface area (Å²) in [6.45, 7) is 0. The standard InChI is InChI=1S/C18H15N7O/c1-26-16-5-3-2-4-15(16)25-18-14(11-23-25)17(20-12-21-18)24-22-10-13-6-8-19-9-7-13/h2-12H,1H3,(H,20,21,24)/b22-10+. The van der Waals surface area contributed by atoms with E-state index in [9.17, 15) is 0 Å². The minimum atomic E-state index is 0.571. The fourth-order valence-corrected chi connectivity index (χ4v) is 2.53. The van der Waals surface area contributed by atoms with E-state index in [1.807, 2.05) is 36.4 Å². The maximum Gasteiger partial charge on any atom is 0.168 e. The fourth-order valence-electron chi connectivity index (χ4n) is 2.53. The summed E-state index contributed by atoms with van der Waals surface area (Å²) in [5.41, 5.74) is 5.34. The molecule has 0 fully saturated rings. The minimum Gasteiger partial charge on any atom is -0.494 e. The Morgan fingerprint density at radius 3 is 2.81 bits per heavy atom. The van der Waals surface area contributed by atoms with Crippen molar-refractivity contribution < 1.29 is 4.74 Å². The molecule has 0 aliphatic heterocycles. The Morgan fingerprint density at radius 2 is 1.96 bits per heavy atom. The van der Waals surface area contributed by atoms with E-state index in [0.717, 1.165) is 16.6 Å². The van der Waals surface area contributed by atoms with Gasteiger partial charge in [0.25, 0.3) is 0 Å². The van der Waals surface area contributed by atoms with Gasteiger partial charge in [0.2, 0.25) is 0 Å². The molecule has 0 saturated heterocycles. The second-order valence-electron chi connectivity index (χ2n) is 5.34. The number of benzene rings is 1. The number of para-hydroxylation sites is 2. The molecule has 4 rings (SSSR count). The lowest BCUT2D eigenvalue weighted by atomic mass is 10.3. The number of hydrogen-bond acceptors (Lipinski definition) is 7. The molecule has 0 unspecified atom stereocenters. The summed E-state index contributed by atoms with van der Waals surface area (Å²) in [6, 6.07) is 11.3. The Kier molecular flexibility index (Phi) is 4.21. The lowest BCUT2D eigenvalue weighted by molar-refractivity contribution is 0.412. The third-order valence-corrected chi connectivity index (χ3v) is 3.77. The van der Waals surface area contributed by atoms with Crippen LogP contribution < -0.4 is 10.2 Å². The maximum atomic E-state index is 5.41. The summed E-state index contributed by atoms with van der Waals surface area (Å²) in [4.78, 5) is 12.6. The Hall–Kier alpha value is -3.81. The van der Waals surface area contributed by atoms with E-state index < -0.39 is 0 Å². The van der Waals surface area contributed by atoms with Crippen LogP contribution in [0.3, 0.4) is 0 Å². The van der Waals surface area contributed by atoms with Crippen LogP contribution in [0.15, 0.2) is 66.4 Å². The number of pyridine rings is 1. The average molecular weight is 345 g/mol. The molecule has 3 heterocycles. The van der Waals surface area contributed by atoms with Gasteiger partial charge < -0.3 is 4.74 Å². The minimum absolute atomic E-state index is 0.571. The van der Waals surface area contributed by atoms with E-state index in [4.69, 9.17) is 4.74 Å². The van der Waals surface area contributed by atoms with Crippen LogP contribution in [-0.4, -0.2) is 38.1 Å². The molecule has 0 spiro atoms. The third-order valence-electron chi connectivity index (χ3n) is 3.77. The van der Waals surface area contributed by atoms with Gasteiger partial charge in [-0.05, 0) is 29.8 Å². The number of hydrazone groups is 1. The summed E-state index contributed by atoms with van der Waals surface area (Å²) in [5, 5.41) is 9.41. The van der Waals surface area contributed by atoms with Crippen LogP contribution in [0, 0.1) is 0 Å². The summed E-state index contributed by atoms with van der Waals surface area (Å²) in [6.07, 6.45) is 8.29. The van der Waals surface area contributed by atoms with Crippen molar-refractivity contribution >= 4 is 23.1 Å². The monoisotopic (exact) mass is 345 g/mol. The van der Waals surface area contributed by atoms with Crippen molar-refractivity contribution in [1.82, 2.24) is 24.7 Å². The molecule has 0 radical (unpaired) electrons. The quantitative estimate of drug-likeness (QED) is 0.442. The maximum absolute atomic E-state index is 5.41. The van der Waals surface area contributed by atoms with Gasteiger partial charge in [0.1, 0.15) is 17.8 Å². The molecule has 0 bridgehead atoms. The molecule has 8 heteroatoms. The molecule has 8 nitrogen and oxygen atoms in total. The lowest BCUT2D eigenvalue weighted by Gasteiger charge is -2.08. The predicted octanol–water partition coefficient (Wildman–Crippen LogP) is 2.67. The zero-order chi connectivity index (χ0) is 17.8. The molecule has 4 aromatic rings. The number of rotatable bonds is 5. The molecular formula is C18H15N7O. The number of methoxy groups -OCH3 is 1. The smallest absolute Gasteiger partial charge is 0.168 e. The van der Waals surface area contributed by atoms with Gasteiger partial charge >= 0.3 is 0 Å². The Labute approximate surface area is 149 Å². The first-order valence-corrected chi connectivity index (χ1v) is 7.88. The molecular weight excluding hydrogens is 330 g/mol. The number of fused-ring (bicyclic) bond motifs is 1. The molecule has 26 heavy (non-hydrogen) atoms. The predicted molar refractivity (Wildman–Crippen MR) is 98.7 cm³/mol. The van der Waals surface area contributed by atoms with Crippen molar-refractivity contribution in [2.24, 2.45) is 5.10 Å². The normalized spacial score (nSPS) is 11.1. The highest BCUT2D eigenvalue weighted by atomic mass is 16.5.